The molecule has 6 atom stereocenters. The fourth-order valence-corrected chi connectivity index (χ4v) is 4.36. The highest BCUT2D eigenvalue weighted by atomic mass is 35.5. The third-order valence-electron chi connectivity index (χ3n) is 6.85. The van der Waals surface area contributed by atoms with Gasteiger partial charge in [0.2, 0.25) is 17.7 Å². The van der Waals surface area contributed by atoms with Gasteiger partial charge in [0.05, 0.1) is 6.42 Å². The van der Waals surface area contributed by atoms with Crippen LogP contribution in [0, 0.1) is 11.8 Å². The lowest BCUT2D eigenvalue weighted by Crippen LogP contribution is -2.55. The number of rotatable bonds is 8. The molecule has 0 spiro atoms. The number of cyclic esters (lactones) is 1. The Labute approximate surface area is 219 Å². The van der Waals surface area contributed by atoms with E-state index in [1.807, 2.05) is 20.8 Å². The Bertz CT molecular complexity index is 924. The maximum atomic E-state index is 13.2. The summed E-state index contributed by atoms with van der Waals surface area (Å²) >= 11 is 6.30. The molecule has 0 bridgehead atoms. The molecule has 200 valence electrons. The zero-order chi connectivity index (χ0) is 26.8. The van der Waals surface area contributed by atoms with Crippen molar-refractivity contribution in [3.63, 3.8) is 0 Å². The number of halogens is 1. The van der Waals surface area contributed by atoms with Crippen LogP contribution < -0.4 is 16.0 Å². The van der Waals surface area contributed by atoms with Gasteiger partial charge >= 0.3 is 5.97 Å². The zero-order valence-electron chi connectivity index (χ0n) is 21.9. The Morgan fingerprint density at radius 2 is 1.69 bits per heavy atom. The van der Waals surface area contributed by atoms with E-state index in [0.717, 1.165) is 19.3 Å². The first kappa shape index (κ1) is 29.6. The first-order chi connectivity index (χ1) is 17.1. The predicted octanol–water partition coefficient (Wildman–Crippen LogP) is 3.54. The fourth-order valence-electron chi connectivity index (χ4n) is 4.15. The van der Waals surface area contributed by atoms with Crippen molar-refractivity contribution in [2.45, 2.75) is 97.4 Å². The van der Waals surface area contributed by atoms with Gasteiger partial charge in [-0.25, -0.2) is 4.79 Å². The highest BCUT2D eigenvalue weighted by Crippen LogP contribution is 2.22. The smallest absolute Gasteiger partial charge is 0.329 e. The fraction of sp³-hybridized carbons (Fsp3) is 0.630. The third-order valence-corrected chi connectivity index (χ3v) is 7.22. The topological polar surface area (TPSA) is 114 Å². The van der Waals surface area contributed by atoms with E-state index in [2.05, 4.69) is 22.9 Å². The van der Waals surface area contributed by atoms with Crippen molar-refractivity contribution < 1.29 is 23.9 Å². The summed E-state index contributed by atoms with van der Waals surface area (Å²) in [5.74, 6) is -2.24. The van der Waals surface area contributed by atoms with Gasteiger partial charge in [-0.05, 0) is 36.8 Å². The van der Waals surface area contributed by atoms with Crippen molar-refractivity contribution in [1.82, 2.24) is 16.0 Å². The molecule has 8 nitrogen and oxygen atoms in total. The van der Waals surface area contributed by atoms with Gasteiger partial charge in [0.1, 0.15) is 24.2 Å². The van der Waals surface area contributed by atoms with E-state index in [1.165, 1.54) is 6.92 Å². The minimum Gasteiger partial charge on any atom is -0.460 e. The number of esters is 1. The van der Waals surface area contributed by atoms with E-state index in [9.17, 15) is 19.2 Å². The number of hydrogen-bond donors (Lipinski definition) is 3. The molecule has 1 aromatic carbocycles. The summed E-state index contributed by atoms with van der Waals surface area (Å²) in [5, 5.41) is 8.69. The summed E-state index contributed by atoms with van der Waals surface area (Å²) in [5.41, 5.74) is 0.692. The SMILES string of the molecule is CCCCC(C)C1CC(=O)NC(Cc2ccccc2Cl)C(=O)NC(C)C(=O)NC(C(C)CC)C(=O)O1. The van der Waals surface area contributed by atoms with Gasteiger partial charge in [-0.3, -0.25) is 14.4 Å². The maximum Gasteiger partial charge on any atom is 0.329 e. The molecule has 0 saturated carbocycles. The lowest BCUT2D eigenvalue weighted by molar-refractivity contribution is -0.158. The van der Waals surface area contributed by atoms with E-state index in [1.54, 1.807) is 24.3 Å². The largest absolute Gasteiger partial charge is 0.460 e. The van der Waals surface area contributed by atoms with Crippen molar-refractivity contribution in [2.75, 3.05) is 0 Å². The quantitative estimate of drug-likeness (QED) is 0.453. The van der Waals surface area contributed by atoms with Gasteiger partial charge in [-0.2, -0.15) is 0 Å². The van der Waals surface area contributed by atoms with Crippen LogP contribution in [0.3, 0.4) is 0 Å². The van der Waals surface area contributed by atoms with Gasteiger partial charge in [0.15, 0.2) is 0 Å². The van der Waals surface area contributed by atoms with Crippen molar-refractivity contribution >= 4 is 35.3 Å². The molecule has 1 fully saturated rings. The lowest BCUT2D eigenvalue weighted by Gasteiger charge is -2.29. The molecule has 6 unspecified atom stereocenters. The van der Waals surface area contributed by atoms with E-state index in [4.69, 9.17) is 16.3 Å². The van der Waals surface area contributed by atoms with Crippen LogP contribution in [-0.2, 0) is 30.3 Å². The number of benzene rings is 1. The van der Waals surface area contributed by atoms with Gasteiger partial charge < -0.3 is 20.7 Å². The molecule has 0 aliphatic carbocycles. The second-order valence-electron chi connectivity index (χ2n) is 9.82. The molecule has 1 aliphatic heterocycles. The monoisotopic (exact) mass is 521 g/mol. The number of hydrogen-bond acceptors (Lipinski definition) is 5. The molecule has 1 aromatic rings. The Morgan fingerprint density at radius 1 is 1.00 bits per heavy atom. The van der Waals surface area contributed by atoms with Crippen molar-refractivity contribution in [3.8, 4) is 0 Å². The molecule has 1 heterocycles. The van der Waals surface area contributed by atoms with Crippen LogP contribution in [0.1, 0.15) is 72.3 Å². The number of amides is 3. The van der Waals surface area contributed by atoms with E-state index >= 15 is 0 Å². The van der Waals surface area contributed by atoms with E-state index in [-0.39, 0.29) is 24.7 Å². The molecular weight excluding hydrogens is 482 g/mol. The minimum absolute atomic E-state index is 0.0761. The van der Waals surface area contributed by atoms with Crippen LogP contribution in [0.25, 0.3) is 0 Å². The molecule has 1 saturated heterocycles. The molecule has 0 radical (unpaired) electrons. The van der Waals surface area contributed by atoms with Crippen molar-refractivity contribution in [3.05, 3.63) is 34.9 Å². The zero-order valence-corrected chi connectivity index (χ0v) is 22.7. The number of ether oxygens (including phenoxy) is 1. The van der Waals surface area contributed by atoms with Crippen LogP contribution in [0.15, 0.2) is 24.3 Å². The van der Waals surface area contributed by atoms with Gasteiger partial charge in [0, 0.05) is 11.4 Å². The summed E-state index contributed by atoms with van der Waals surface area (Å²) in [7, 11) is 0. The average molecular weight is 522 g/mol. The van der Waals surface area contributed by atoms with Crippen LogP contribution in [0.2, 0.25) is 5.02 Å². The van der Waals surface area contributed by atoms with Gasteiger partial charge in [0.25, 0.3) is 0 Å². The third kappa shape index (κ3) is 8.50. The molecule has 0 aromatic heterocycles. The first-order valence-corrected chi connectivity index (χ1v) is 13.3. The highest BCUT2D eigenvalue weighted by Gasteiger charge is 2.35. The lowest BCUT2D eigenvalue weighted by atomic mass is 9.94. The van der Waals surface area contributed by atoms with Crippen LogP contribution in [0.4, 0.5) is 0 Å². The minimum atomic E-state index is -0.957. The second kappa shape index (κ2) is 14.2. The Balaban J connectivity index is 2.40. The average Bonchev–Trinajstić information content (AvgIpc) is 2.85. The standard InChI is InChI=1S/C27H40ClN3O5/c1-6-8-11-17(4)22-15-23(32)30-21(14-19-12-9-10-13-20(19)28)26(34)29-18(5)25(33)31-24(16(3)7-2)27(35)36-22/h9-10,12-13,16-18,21-22,24H,6-8,11,14-15H2,1-5H3,(H,29,34)(H,30,32)(H,31,33). The van der Waals surface area contributed by atoms with Gasteiger partial charge in [-0.15, -0.1) is 0 Å². The van der Waals surface area contributed by atoms with Crippen molar-refractivity contribution in [2.24, 2.45) is 11.8 Å². The first-order valence-electron chi connectivity index (χ1n) is 12.9. The normalized spacial score (nSPS) is 25.7. The number of unbranched alkanes of at least 4 members (excludes halogenated alkanes) is 1. The number of carbonyl (C=O) groups excluding carboxylic acids is 4. The molecule has 3 amide bonds. The number of nitrogens with one attached hydrogen (secondary N) is 3. The van der Waals surface area contributed by atoms with Crippen molar-refractivity contribution in [1.29, 1.82) is 0 Å². The summed E-state index contributed by atoms with van der Waals surface area (Å²) < 4.78 is 5.87. The summed E-state index contributed by atoms with van der Waals surface area (Å²) in [4.78, 5) is 52.4. The maximum absolute atomic E-state index is 13.2. The summed E-state index contributed by atoms with van der Waals surface area (Å²) in [6.07, 6.45) is 2.70. The molecule has 1 aliphatic rings. The van der Waals surface area contributed by atoms with Crippen LogP contribution in [0.5, 0.6) is 0 Å². The summed E-state index contributed by atoms with van der Waals surface area (Å²) in [6, 6.07) is 4.32. The Hall–Kier alpha value is -2.61. The van der Waals surface area contributed by atoms with Gasteiger partial charge in [-0.1, -0.05) is 76.8 Å². The highest BCUT2D eigenvalue weighted by molar-refractivity contribution is 6.31. The van der Waals surface area contributed by atoms with E-state index in [0.29, 0.717) is 17.0 Å². The predicted molar refractivity (Wildman–Crippen MR) is 139 cm³/mol. The van der Waals surface area contributed by atoms with E-state index < -0.39 is 47.9 Å². The van der Waals surface area contributed by atoms with Crippen LogP contribution >= 0.6 is 11.6 Å². The second-order valence-corrected chi connectivity index (χ2v) is 10.2. The Kier molecular flexibility index (Phi) is 11.7. The number of carbonyl (C=O) groups is 4. The Morgan fingerprint density at radius 3 is 2.33 bits per heavy atom. The molecule has 3 N–H and O–H groups in total. The summed E-state index contributed by atoms with van der Waals surface area (Å²) in [6.45, 7) is 9.34. The molecule has 2 rings (SSSR count). The van der Waals surface area contributed by atoms with Crippen LogP contribution in [-0.4, -0.2) is 47.9 Å². The molecule has 36 heavy (non-hydrogen) atoms. The molecular formula is C27H40ClN3O5. The molecule has 9 heteroatoms.